The van der Waals surface area contributed by atoms with Gasteiger partial charge in [-0.15, -0.1) is 0 Å². The maximum absolute atomic E-state index is 13.2. The smallest absolute Gasteiger partial charge is 0.256 e. The molecule has 0 aliphatic carbocycles. The molecule has 2 saturated heterocycles. The molecule has 4 heterocycles. The number of aliphatic imine (C=N–C) groups is 2. The van der Waals surface area contributed by atoms with Crippen molar-refractivity contribution >= 4 is 35.6 Å². The zero-order chi connectivity index (χ0) is 28.7. The molecule has 0 aromatic heterocycles. The van der Waals surface area contributed by atoms with Gasteiger partial charge in [0.1, 0.15) is 5.60 Å². The van der Waals surface area contributed by atoms with Gasteiger partial charge in [-0.3, -0.25) is 19.6 Å². The summed E-state index contributed by atoms with van der Waals surface area (Å²) in [5.41, 5.74) is 4.32. The van der Waals surface area contributed by atoms with Crippen molar-refractivity contribution in [2.45, 2.75) is 57.2 Å². The summed E-state index contributed by atoms with van der Waals surface area (Å²) in [7, 11) is 3.08. The largest absolute Gasteiger partial charge is 0.493 e. The van der Waals surface area contributed by atoms with E-state index in [0.717, 1.165) is 38.8 Å². The Morgan fingerprint density at radius 2 is 1.32 bits per heavy atom. The van der Waals surface area contributed by atoms with Gasteiger partial charge in [0.15, 0.2) is 23.0 Å². The highest BCUT2D eigenvalue weighted by Crippen LogP contribution is 2.40. The van der Waals surface area contributed by atoms with Gasteiger partial charge in [-0.1, -0.05) is 0 Å². The first-order valence-electron chi connectivity index (χ1n) is 14.0. The van der Waals surface area contributed by atoms with E-state index in [1.165, 1.54) is 7.11 Å². The van der Waals surface area contributed by atoms with Gasteiger partial charge in [-0.25, -0.2) is 0 Å². The van der Waals surface area contributed by atoms with Crippen LogP contribution in [0.2, 0.25) is 0 Å². The van der Waals surface area contributed by atoms with Gasteiger partial charge >= 0.3 is 0 Å². The summed E-state index contributed by atoms with van der Waals surface area (Å²) < 4.78 is 17.5. The van der Waals surface area contributed by atoms with Gasteiger partial charge in [0.05, 0.1) is 55.3 Å². The lowest BCUT2D eigenvalue weighted by Crippen LogP contribution is -2.41. The van der Waals surface area contributed by atoms with E-state index in [2.05, 4.69) is 15.5 Å². The Kier molecular flexibility index (Phi) is 7.06. The second kappa shape index (κ2) is 10.7. The molecule has 0 saturated carbocycles. The predicted octanol–water partition coefficient (Wildman–Crippen LogP) is 4.09. The summed E-state index contributed by atoms with van der Waals surface area (Å²) in [6.07, 6.45) is 7.46. The van der Waals surface area contributed by atoms with Crippen LogP contribution < -0.4 is 24.5 Å². The van der Waals surface area contributed by atoms with E-state index in [0.29, 0.717) is 45.5 Å². The molecule has 0 radical (unpaired) electrons. The lowest BCUT2D eigenvalue weighted by Gasteiger charge is -2.28. The van der Waals surface area contributed by atoms with Crippen molar-refractivity contribution in [2.75, 3.05) is 33.9 Å². The number of benzene rings is 2. The third-order valence-electron chi connectivity index (χ3n) is 7.98. The SMILES string of the molecule is COc1cc2c(cc1ONCC(C)(C)Oc1cc3c(cc1OC)C(=O)N1CCC[C@H]1C=N3)N=C[C@@H]1CCCN1C2=O. The number of nitrogens with one attached hydrogen (secondary N) is 1. The normalized spacial score (nSPS) is 21.1. The molecule has 41 heavy (non-hydrogen) atoms. The highest BCUT2D eigenvalue weighted by atomic mass is 16.7. The summed E-state index contributed by atoms with van der Waals surface area (Å²) in [4.78, 5) is 45.1. The van der Waals surface area contributed by atoms with Crippen LogP contribution in [-0.4, -0.2) is 85.6 Å². The third kappa shape index (κ3) is 5.10. The molecule has 216 valence electrons. The van der Waals surface area contributed by atoms with Crippen LogP contribution in [0.5, 0.6) is 23.0 Å². The Hall–Kier alpha value is -4.12. The molecule has 4 aliphatic rings. The van der Waals surface area contributed by atoms with E-state index in [1.54, 1.807) is 31.4 Å². The second-order valence-electron chi connectivity index (χ2n) is 11.3. The van der Waals surface area contributed by atoms with Crippen LogP contribution >= 0.6 is 0 Å². The number of fused-ring (bicyclic) bond motifs is 4. The first-order valence-corrected chi connectivity index (χ1v) is 14.0. The number of ether oxygens (including phenoxy) is 3. The molecule has 2 amide bonds. The van der Waals surface area contributed by atoms with Crippen LogP contribution in [-0.2, 0) is 0 Å². The summed E-state index contributed by atoms with van der Waals surface area (Å²) in [6, 6.07) is 6.89. The van der Waals surface area contributed by atoms with Crippen LogP contribution in [0, 0.1) is 0 Å². The molecule has 11 nitrogen and oxygen atoms in total. The number of carbonyl (C=O) groups excluding carboxylic acids is 2. The standard InChI is InChI=1S/C30H35N5O6/c1-30(2,40-26-13-22-20(11-24(26)38-3)28(36)34-9-5-7-18(34)15-31-22)17-33-41-27-14-23-21(12-25(27)39-4)29(37)35-10-6-8-19(35)16-32-23/h11-16,18-19,33H,5-10,17H2,1-4H3/t18-,19-/m0/s1. The van der Waals surface area contributed by atoms with Crippen LogP contribution in [0.1, 0.15) is 60.2 Å². The van der Waals surface area contributed by atoms with E-state index in [-0.39, 0.29) is 30.4 Å². The monoisotopic (exact) mass is 561 g/mol. The minimum absolute atomic E-state index is 0.0206. The van der Waals surface area contributed by atoms with Crippen LogP contribution in [0.3, 0.4) is 0 Å². The lowest BCUT2D eigenvalue weighted by molar-refractivity contribution is 0.0593. The van der Waals surface area contributed by atoms with Crippen molar-refractivity contribution in [3.8, 4) is 23.0 Å². The van der Waals surface area contributed by atoms with E-state index in [4.69, 9.17) is 19.0 Å². The molecule has 0 spiro atoms. The number of hydrogen-bond donors (Lipinski definition) is 1. The molecule has 2 aromatic rings. The van der Waals surface area contributed by atoms with Crippen LogP contribution in [0.4, 0.5) is 11.4 Å². The van der Waals surface area contributed by atoms with Crippen molar-refractivity contribution in [2.24, 2.45) is 9.98 Å². The molecule has 11 heteroatoms. The van der Waals surface area contributed by atoms with E-state index >= 15 is 0 Å². The molecule has 2 fully saturated rings. The van der Waals surface area contributed by atoms with Gasteiger partial charge < -0.3 is 28.8 Å². The zero-order valence-corrected chi connectivity index (χ0v) is 23.8. The van der Waals surface area contributed by atoms with Gasteiger partial charge in [-0.05, 0) is 51.7 Å². The zero-order valence-electron chi connectivity index (χ0n) is 23.8. The molecule has 0 unspecified atom stereocenters. The maximum atomic E-state index is 13.2. The van der Waals surface area contributed by atoms with E-state index in [1.807, 2.05) is 36.1 Å². The van der Waals surface area contributed by atoms with Crippen molar-refractivity contribution in [3.05, 3.63) is 35.4 Å². The number of hydroxylamine groups is 1. The van der Waals surface area contributed by atoms with Crippen molar-refractivity contribution in [1.82, 2.24) is 15.3 Å². The highest BCUT2D eigenvalue weighted by molar-refractivity contribution is 6.04. The Morgan fingerprint density at radius 3 is 1.85 bits per heavy atom. The summed E-state index contributed by atoms with van der Waals surface area (Å²) >= 11 is 0. The van der Waals surface area contributed by atoms with Crippen molar-refractivity contribution in [3.63, 3.8) is 0 Å². The number of rotatable bonds is 8. The highest BCUT2D eigenvalue weighted by Gasteiger charge is 2.34. The molecular formula is C30H35N5O6. The molecule has 0 bridgehead atoms. The van der Waals surface area contributed by atoms with Gasteiger partial charge in [0, 0.05) is 37.7 Å². The average molecular weight is 562 g/mol. The maximum Gasteiger partial charge on any atom is 0.256 e. The average Bonchev–Trinajstić information content (AvgIpc) is 3.58. The fourth-order valence-corrected chi connectivity index (χ4v) is 5.80. The van der Waals surface area contributed by atoms with Gasteiger partial charge in [0.2, 0.25) is 0 Å². The summed E-state index contributed by atoms with van der Waals surface area (Å²) in [5, 5.41) is 0. The van der Waals surface area contributed by atoms with Gasteiger partial charge in [0.25, 0.3) is 11.8 Å². The second-order valence-corrected chi connectivity index (χ2v) is 11.3. The van der Waals surface area contributed by atoms with Gasteiger partial charge in [-0.2, -0.15) is 5.48 Å². The van der Waals surface area contributed by atoms with Crippen LogP contribution in [0.25, 0.3) is 0 Å². The molecule has 2 atom stereocenters. The third-order valence-corrected chi connectivity index (χ3v) is 7.98. The quantitative estimate of drug-likeness (QED) is 0.483. The lowest BCUT2D eigenvalue weighted by atomic mass is 10.1. The van der Waals surface area contributed by atoms with Crippen LogP contribution in [0.15, 0.2) is 34.3 Å². The topological polar surface area (TPSA) is 114 Å². The number of amides is 2. The molecular weight excluding hydrogens is 526 g/mol. The minimum Gasteiger partial charge on any atom is -0.493 e. The fourth-order valence-electron chi connectivity index (χ4n) is 5.80. The fraction of sp³-hybridized carbons (Fsp3) is 0.467. The number of hydrogen-bond acceptors (Lipinski definition) is 9. The Labute approximate surface area is 239 Å². The van der Waals surface area contributed by atoms with Crippen molar-refractivity contribution < 1.29 is 28.6 Å². The predicted molar refractivity (Wildman–Crippen MR) is 154 cm³/mol. The first kappa shape index (κ1) is 27.1. The number of methoxy groups -OCH3 is 2. The molecule has 6 rings (SSSR count). The summed E-state index contributed by atoms with van der Waals surface area (Å²) in [6.45, 7) is 5.55. The number of carbonyl (C=O) groups is 2. The Bertz CT molecular complexity index is 1440. The Morgan fingerprint density at radius 1 is 0.805 bits per heavy atom. The van der Waals surface area contributed by atoms with Crippen molar-refractivity contribution in [1.29, 1.82) is 0 Å². The number of nitrogens with zero attached hydrogens (tertiary/aromatic N) is 4. The minimum atomic E-state index is -0.752. The molecule has 2 aromatic carbocycles. The van der Waals surface area contributed by atoms with E-state index < -0.39 is 5.60 Å². The molecule has 4 aliphatic heterocycles. The molecule has 1 N–H and O–H groups in total. The van der Waals surface area contributed by atoms with E-state index in [9.17, 15) is 9.59 Å². The summed E-state index contributed by atoms with van der Waals surface area (Å²) in [5.74, 6) is 1.67. The first-order chi connectivity index (χ1) is 19.8. The Balaban J connectivity index is 1.17.